The topological polar surface area (TPSA) is 38.3 Å². The van der Waals surface area contributed by atoms with Crippen LogP contribution in [0.25, 0.3) is 0 Å². The lowest BCUT2D eigenvalue weighted by Gasteiger charge is -1.98. The Bertz CT molecular complexity index is 84.2. The van der Waals surface area contributed by atoms with E-state index in [4.69, 9.17) is 4.74 Å². The fourth-order valence-corrected chi connectivity index (χ4v) is 0.481. The zero-order valence-corrected chi connectivity index (χ0v) is 7.94. The number of carbonyl (C=O) groups is 1. The van der Waals surface area contributed by atoms with E-state index in [0.717, 1.165) is 6.42 Å². The molecule has 0 bridgehead atoms. The quantitative estimate of drug-likeness (QED) is 0.629. The van der Waals surface area contributed by atoms with Crippen LogP contribution in [0.3, 0.4) is 0 Å². The minimum atomic E-state index is 0.0195. The van der Waals surface area contributed by atoms with Crippen molar-refractivity contribution in [2.75, 3.05) is 20.3 Å². The van der Waals surface area contributed by atoms with Gasteiger partial charge >= 0.3 is 0 Å². The van der Waals surface area contributed by atoms with Gasteiger partial charge in [-0.15, -0.1) is 0 Å². The van der Waals surface area contributed by atoms with Crippen LogP contribution in [0, 0.1) is 0 Å². The van der Waals surface area contributed by atoms with Crippen LogP contribution in [-0.2, 0) is 9.53 Å². The van der Waals surface area contributed by atoms with Crippen LogP contribution in [0.1, 0.15) is 27.2 Å². The van der Waals surface area contributed by atoms with E-state index >= 15 is 0 Å². The number of ether oxygens (including phenoxy) is 1. The van der Waals surface area contributed by atoms with Crippen LogP contribution in [0.2, 0.25) is 0 Å². The summed E-state index contributed by atoms with van der Waals surface area (Å²) in [6, 6.07) is 0. The maximum atomic E-state index is 10.3. The highest BCUT2D eigenvalue weighted by molar-refractivity contribution is 5.72. The monoisotopic (exact) mass is 161 g/mol. The molecule has 0 rings (SSSR count). The Balaban J connectivity index is 0. The van der Waals surface area contributed by atoms with Crippen LogP contribution in [0.5, 0.6) is 0 Å². The molecule has 11 heavy (non-hydrogen) atoms. The first-order chi connectivity index (χ1) is 5.27. The van der Waals surface area contributed by atoms with E-state index in [0.29, 0.717) is 13.2 Å². The highest BCUT2D eigenvalue weighted by atomic mass is 16.5. The van der Waals surface area contributed by atoms with Crippen molar-refractivity contribution in [2.24, 2.45) is 0 Å². The predicted octanol–water partition coefficient (Wildman–Crippen LogP) is 1.19. The summed E-state index contributed by atoms with van der Waals surface area (Å²) in [6.07, 6.45) is 0.885. The van der Waals surface area contributed by atoms with Crippen LogP contribution in [0.4, 0.5) is 0 Å². The maximum absolute atomic E-state index is 10.3. The summed E-state index contributed by atoms with van der Waals surface area (Å²) in [7, 11) is 1.65. The lowest BCUT2D eigenvalue weighted by molar-refractivity contribution is -0.118. The maximum Gasteiger partial charge on any atom is 0.216 e. The van der Waals surface area contributed by atoms with Gasteiger partial charge in [-0.3, -0.25) is 4.79 Å². The van der Waals surface area contributed by atoms with Crippen molar-refractivity contribution in [1.29, 1.82) is 0 Å². The normalized spacial score (nSPS) is 8.00. The van der Waals surface area contributed by atoms with Gasteiger partial charge in [-0.2, -0.15) is 0 Å². The third-order valence-corrected chi connectivity index (χ3v) is 0.899. The third-order valence-electron chi connectivity index (χ3n) is 0.899. The number of carbonyl (C=O) groups excluding carboxylic acids is 1. The molecular formula is C8H19NO2. The molecule has 68 valence electrons. The van der Waals surface area contributed by atoms with Gasteiger partial charge < -0.3 is 10.1 Å². The zero-order chi connectivity index (χ0) is 9.11. The molecule has 0 spiro atoms. The number of amides is 1. The standard InChI is InChI=1S/C6H13NO2.C2H6/c1-6(8)7-4-3-5-9-2;1-2/h3-5H2,1-2H3,(H,7,8);1-2H3. The summed E-state index contributed by atoms with van der Waals surface area (Å²) in [5.74, 6) is 0.0195. The van der Waals surface area contributed by atoms with E-state index in [9.17, 15) is 4.79 Å². The second-order valence-electron chi connectivity index (χ2n) is 1.83. The molecule has 0 aromatic rings. The van der Waals surface area contributed by atoms with Crippen LogP contribution in [-0.4, -0.2) is 26.2 Å². The molecule has 0 aromatic heterocycles. The Kier molecular flexibility index (Phi) is 14.4. The molecule has 0 atom stereocenters. The molecule has 3 heteroatoms. The number of methoxy groups -OCH3 is 1. The van der Waals surface area contributed by atoms with Gasteiger partial charge in [0.1, 0.15) is 0 Å². The van der Waals surface area contributed by atoms with Crippen molar-refractivity contribution in [3.63, 3.8) is 0 Å². The molecule has 0 fully saturated rings. The Morgan fingerprint density at radius 1 is 1.45 bits per heavy atom. The summed E-state index contributed by atoms with van der Waals surface area (Å²) < 4.78 is 4.77. The largest absolute Gasteiger partial charge is 0.385 e. The molecule has 0 saturated carbocycles. The van der Waals surface area contributed by atoms with E-state index in [-0.39, 0.29) is 5.91 Å². The summed E-state index contributed by atoms with van der Waals surface area (Å²) in [5.41, 5.74) is 0. The van der Waals surface area contributed by atoms with Crippen molar-refractivity contribution < 1.29 is 9.53 Å². The first-order valence-electron chi connectivity index (χ1n) is 4.00. The molecule has 0 radical (unpaired) electrons. The molecular weight excluding hydrogens is 142 g/mol. The van der Waals surface area contributed by atoms with Crippen molar-refractivity contribution in [2.45, 2.75) is 27.2 Å². The first kappa shape index (κ1) is 13.1. The Morgan fingerprint density at radius 2 is 2.00 bits per heavy atom. The highest BCUT2D eigenvalue weighted by Gasteiger charge is 1.87. The van der Waals surface area contributed by atoms with E-state index in [1.807, 2.05) is 13.8 Å². The van der Waals surface area contributed by atoms with Gasteiger partial charge in [0.25, 0.3) is 0 Å². The van der Waals surface area contributed by atoms with Crippen LogP contribution in [0.15, 0.2) is 0 Å². The third kappa shape index (κ3) is 17.7. The van der Waals surface area contributed by atoms with E-state index in [2.05, 4.69) is 5.32 Å². The molecule has 0 heterocycles. The molecule has 0 unspecified atom stereocenters. The molecule has 0 saturated heterocycles. The van der Waals surface area contributed by atoms with E-state index < -0.39 is 0 Å². The number of hydrogen-bond donors (Lipinski definition) is 1. The lowest BCUT2D eigenvalue weighted by atomic mass is 10.4. The lowest BCUT2D eigenvalue weighted by Crippen LogP contribution is -2.21. The van der Waals surface area contributed by atoms with Gasteiger partial charge in [0.2, 0.25) is 5.91 Å². The highest BCUT2D eigenvalue weighted by Crippen LogP contribution is 1.75. The average molecular weight is 161 g/mol. The number of hydrogen-bond acceptors (Lipinski definition) is 2. The molecule has 0 aliphatic carbocycles. The molecule has 1 amide bonds. The average Bonchev–Trinajstić information content (AvgIpc) is 2.02. The van der Waals surface area contributed by atoms with Gasteiger partial charge in [0.15, 0.2) is 0 Å². The van der Waals surface area contributed by atoms with Crippen molar-refractivity contribution in [3.8, 4) is 0 Å². The summed E-state index contributed by atoms with van der Waals surface area (Å²) in [4.78, 5) is 10.3. The number of rotatable bonds is 4. The van der Waals surface area contributed by atoms with E-state index in [1.165, 1.54) is 6.92 Å². The summed E-state index contributed by atoms with van der Waals surface area (Å²) in [6.45, 7) is 6.93. The van der Waals surface area contributed by atoms with Crippen molar-refractivity contribution >= 4 is 5.91 Å². The molecule has 1 N–H and O–H groups in total. The van der Waals surface area contributed by atoms with Gasteiger partial charge in [0, 0.05) is 27.2 Å². The molecule has 0 aliphatic rings. The smallest absolute Gasteiger partial charge is 0.216 e. The SMILES string of the molecule is CC.COCCCNC(C)=O. The minimum Gasteiger partial charge on any atom is -0.385 e. The van der Waals surface area contributed by atoms with Crippen molar-refractivity contribution in [1.82, 2.24) is 5.32 Å². The second-order valence-corrected chi connectivity index (χ2v) is 1.83. The summed E-state index contributed by atoms with van der Waals surface area (Å²) >= 11 is 0. The van der Waals surface area contributed by atoms with Gasteiger partial charge in [-0.1, -0.05) is 13.8 Å². The second kappa shape index (κ2) is 12.1. The summed E-state index contributed by atoms with van der Waals surface area (Å²) in [5, 5.41) is 2.66. The van der Waals surface area contributed by atoms with Gasteiger partial charge in [0.05, 0.1) is 0 Å². The van der Waals surface area contributed by atoms with E-state index in [1.54, 1.807) is 7.11 Å². The van der Waals surface area contributed by atoms with Crippen LogP contribution >= 0.6 is 0 Å². The van der Waals surface area contributed by atoms with Gasteiger partial charge in [-0.25, -0.2) is 0 Å². The fraction of sp³-hybridized carbons (Fsp3) is 0.875. The first-order valence-corrected chi connectivity index (χ1v) is 4.00. The zero-order valence-electron chi connectivity index (χ0n) is 7.94. The molecule has 3 nitrogen and oxygen atoms in total. The minimum absolute atomic E-state index is 0.0195. The van der Waals surface area contributed by atoms with Gasteiger partial charge in [-0.05, 0) is 6.42 Å². The Labute approximate surface area is 69.1 Å². The van der Waals surface area contributed by atoms with Crippen molar-refractivity contribution in [3.05, 3.63) is 0 Å². The Hall–Kier alpha value is -0.570. The molecule has 0 aromatic carbocycles. The predicted molar refractivity (Wildman–Crippen MR) is 46.5 cm³/mol. The van der Waals surface area contributed by atoms with Crippen LogP contribution < -0.4 is 5.32 Å². The molecule has 0 aliphatic heterocycles. The fourth-order valence-electron chi connectivity index (χ4n) is 0.481. The number of nitrogens with one attached hydrogen (secondary N) is 1. The Morgan fingerprint density at radius 3 is 2.36 bits per heavy atom.